The highest BCUT2D eigenvalue weighted by Crippen LogP contribution is 2.19. The molecular weight excluding hydrogens is 315 g/mol. The van der Waals surface area contributed by atoms with Crippen molar-refractivity contribution in [2.45, 2.75) is 38.8 Å². The largest absolute Gasteiger partial charge is 0.376 e. The predicted molar refractivity (Wildman–Crippen MR) is 84.4 cm³/mol. The summed E-state index contributed by atoms with van der Waals surface area (Å²) in [7, 11) is 0. The predicted octanol–water partition coefficient (Wildman–Crippen LogP) is 1.80. The molecule has 1 aromatic heterocycles. The van der Waals surface area contributed by atoms with Crippen LogP contribution >= 0.6 is 0 Å². The SMILES string of the molecule is Cc1nnnn1-c1cc(NC(=O)NC(C)C2CCCO2)ccc1F. The number of ether oxygens (including phenoxy) is 1. The molecule has 0 radical (unpaired) electrons. The van der Waals surface area contributed by atoms with E-state index in [0.717, 1.165) is 19.4 Å². The maximum atomic E-state index is 14.0. The number of carbonyl (C=O) groups excluding carboxylic acids is 1. The summed E-state index contributed by atoms with van der Waals surface area (Å²) < 4.78 is 20.8. The van der Waals surface area contributed by atoms with Crippen molar-refractivity contribution in [1.82, 2.24) is 25.5 Å². The van der Waals surface area contributed by atoms with Gasteiger partial charge in [0.2, 0.25) is 0 Å². The van der Waals surface area contributed by atoms with Gasteiger partial charge in [0.15, 0.2) is 5.82 Å². The van der Waals surface area contributed by atoms with Crippen LogP contribution in [-0.4, -0.2) is 45.0 Å². The maximum absolute atomic E-state index is 14.0. The molecule has 2 aromatic rings. The van der Waals surface area contributed by atoms with Crippen molar-refractivity contribution in [2.24, 2.45) is 0 Å². The van der Waals surface area contributed by atoms with Gasteiger partial charge in [-0.15, -0.1) is 5.10 Å². The number of aryl methyl sites for hydroxylation is 1. The number of nitrogens with one attached hydrogen (secondary N) is 2. The first-order valence-corrected chi connectivity index (χ1v) is 7.78. The van der Waals surface area contributed by atoms with Gasteiger partial charge in [0.1, 0.15) is 11.5 Å². The molecule has 1 aliphatic rings. The van der Waals surface area contributed by atoms with Gasteiger partial charge in [0.05, 0.1) is 12.1 Å². The molecule has 1 aliphatic heterocycles. The van der Waals surface area contributed by atoms with Gasteiger partial charge < -0.3 is 15.4 Å². The average molecular weight is 334 g/mol. The molecule has 0 bridgehead atoms. The molecule has 9 heteroatoms. The first-order chi connectivity index (χ1) is 11.5. The van der Waals surface area contributed by atoms with E-state index in [1.165, 1.54) is 22.9 Å². The molecule has 1 fully saturated rings. The Balaban J connectivity index is 1.69. The summed E-state index contributed by atoms with van der Waals surface area (Å²) in [6.45, 7) is 4.29. The van der Waals surface area contributed by atoms with E-state index in [9.17, 15) is 9.18 Å². The molecule has 0 spiro atoms. The number of hydrogen-bond acceptors (Lipinski definition) is 5. The van der Waals surface area contributed by atoms with Crippen molar-refractivity contribution in [3.63, 3.8) is 0 Å². The number of carbonyl (C=O) groups is 1. The maximum Gasteiger partial charge on any atom is 0.319 e. The number of anilines is 1. The summed E-state index contributed by atoms with van der Waals surface area (Å²) in [6, 6.07) is 3.75. The van der Waals surface area contributed by atoms with Crippen molar-refractivity contribution >= 4 is 11.7 Å². The average Bonchev–Trinajstić information content (AvgIpc) is 3.20. The highest BCUT2D eigenvalue weighted by Gasteiger charge is 2.23. The topological polar surface area (TPSA) is 94.0 Å². The smallest absolute Gasteiger partial charge is 0.319 e. The fourth-order valence-electron chi connectivity index (χ4n) is 2.67. The third kappa shape index (κ3) is 3.51. The lowest BCUT2D eigenvalue weighted by Gasteiger charge is -2.20. The number of tetrazole rings is 1. The van der Waals surface area contributed by atoms with Crippen LogP contribution in [0, 0.1) is 12.7 Å². The number of hydrogen-bond donors (Lipinski definition) is 2. The molecular formula is C15H19FN6O2. The van der Waals surface area contributed by atoms with Crippen LogP contribution in [0.15, 0.2) is 18.2 Å². The second-order valence-corrected chi connectivity index (χ2v) is 5.74. The summed E-state index contributed by atoms with van der Waals surface area (Å²) in [5.41, 5.74) is 0.612. The molecule has 24 heavy (non-hydrogen) atoms. The normalized spacial score (nSPS) is 18.4. The van der Waals surface area contributed by atoms with E-state index in [-0.39, 0.29) is 23.9 Å². The first-order valence-electron chi connectivity index (χ1n) is 7.78. The van der Waals surface area contributed by atoms with Gasteiger partial charge in [-0.2, -0.15) is 4.68 Å². The van der Waals surface area contributed by atoms with E-state index in [1.807, 2.05) is 6.92 Å². The lowest BCUT2D eigenvalue weighted by atomic mass is 10.1. The number of amides is 2. The quantitative estimate of drug-likeness (QED) is 0.889. The van der Waals surface area contributed by atoms with E-state index in [2.05, 4.69) is 26.2 Å². The number of benzene rings is 1. The van der Waals surface area contributed by atoms with Crippen molar-refractivity contribution in [2.75, 3.05) is 11.9 Å². The summed E-state index contributed by atoms with van der Waals surface area (Å²) in [6.07, 6.45) is 1.97. The monoisotopic (exact) mass is 334 g/mol. The molecule has 2 unspecified atom stereocenters. The zero-order chi connectivity index (χ0) is 17.1. The summed E-state index contributed by atoms with van der Waals surface area (Å²) in [5, 5.41) is 16.5. The Bertz CT molecular complexity index is 729. The van der Waals surface area contributed by atoms with Crippen molar-refractivity contribution < 1.29 is 13.9 Å². The van der Waals surface area contributed by atoms with E-state index in [1.54, 1.807) is 6.92 Å². The Morgan fingerprint density at radius 3 is 3.00 bits per heavy atom. The van der Waals surface area contributed by atoms with E-state index < -0.39 is 5.82 Å². The Hall–Kier alpha value is -2.55. The highest BCUT2D eigenvalue weighted by molar-refractivity contribution is 5.89. The van der Waals surface area contributed by atoms with Gasteiger partial charge in [-0.25, -0.2) is 9.18 Å². The van der Waals surface area contributed by atoms with Crippen LogP contribution < -0.4 is 10.6 Å². The van der Waals surface area contributed by atoms with E-state index in [4.69, 9.17) is 4.74 Å². The zero-order valence-corrected chi connectivity index (χ0v) is 13.5. The molecule has 2 heterocycles. The van der Waals surface area contributed by atoms with Gasteiger partial charge in [-0.1, -0.05) is 0 Å². The Kier molecular flexibility index (Phi) is 4.70. The lowest BCUT2D eigenvalue weighted by Crippen LogP contribution is -2.43. The highest BCUT2D eigenvalue weighted by atomic mass is 19.1. The van der Waals surface area contributed by atoms with Gasteiger partial charge in [0, 0.05) is 12.3 Å². The molecule has 128 valence electrons. The second-order valence-electron chi connectivity index (χ2n) is 5.74. The number of urea groups is 1. The fraction of sp³-hybridized carbons (Fsp3) is 0.467. The summed E-state index contributed by atoms with van der Waals surface area (Å²) >= 11 is 0. The molecule has 0 aliphatic carbocycles. The molecule has 3 rings (SSSR count). The standard InChI is InChI=1S/C15H19FN6O2/c1-9(14-4-3-7-24-14)17-15(23)18-11-5-6-12(16)13(8-11)22-10(2)19-20-21-22/h5-6,8-9,14H,3-4,7H2,1-2H3,(H2,17,18,23). The van der Waals surface area contributed by atoms with Crippen LogP contribution in [0.2, 0.25) is 0 Å². The lowest BCUT2D eigenvalue weighted by molar-refractivity contribution is 0.0868. The van der Waals surface area contributed by atoms with Crippen molar-refractivity contribution in [1.29, 1.82) is 0 Å². The molecule has 2 N–H and O–H groups in total. The minimum absolute atomic E-state index is 0.0309. The minimum Gasteiger partial charge on any atom is -0.376 e. The molecule has 2 amide bonds. The van der Waals surface area contributed by atoms with Crippen LogP contribution in [0.5, 0.6) is 0 Å². The minimum atomic E-state index is -0.482. The molecule has 2 atom stereocenters. The second kappa shape index (κ2) is 6.91. The van der Waals surface area contributed by atoms with E-state index in [0.29, 0.717) is 11.5 Å². The third-order valence-electron chi connectivity index (χ3n) is 3.94. The number of aromatic nitrogens is 4. The molecule has 1 saturated heterocycles. The number of halogens is 1. The van der Waals surface area contributed by atoms with Gasteiger partial charge in [-0.3, -0.25) is 0 Å². The van der Waals surface area contributed by atoms with Crippen LogP contribution in [0.4, 0.5) is 14.9 Å². The molecule has 8 nitrogen and oxygen atoms in total. The zero-order valence-electron chi connectivity index (χ0n) is 13.5. The summed E-state index contributed by atoms with van der Waals surface area (Å²) in [5.74, 6) is -0.0356. The van der Waals surface area contributed by atoms with Gasteiger partial charge in [-0.05, 0) is 55.3 Å². The third-order valence-corrected chi connectivity index (χ3v) is 3.94. The Labute approximate surface area is 138 Å². The first kappa shape index (κ1) is 16.3. The Morgan fingerprint density at radius 1 is 1.50 bits per heavy atom. The fourth-order valence-corrected chi connectivity index (χ4v) is 2.67. The molecule has 1 aromatic carbocycles. The van der Waals surface area contributed by atoms with Gasteiger partial charge in [0.25, 0.3) is 0 Å². The summed E-state index contributed by atoms with van der Waals surface area (Å²) in [4.78, 5) is 12.1. The van der Waals surface area contributed by atoms with Crippen molar-refractivity contribution in [3.8, 4) is 5.69 Å². The van der Waals surface area contributed by atoms with Crippen LogP contribution in [0.1, 0.15) is 25.6 Å². The van der Waals surface area contributed by atoms with Crippen molar-refractivity contribution in [3.05, 3.63) is 29.8 Å². The van der Waals surface area contributed by atoms with Crippen LogP contribution in [0.25, 0.3) is 5.69 Å². The van der Waals surface area contributed by atoms with Crippen LogP contribution in [-0.2, 0) is 4.74 Å². The number of rotatable bonds is 4. The molecule has 0 saturated carbocycles. The van der Waals surface area contributed by atoms with E-state index >= 15 is 0 Å². The van der Waals surface area contributed by atoms with Crippen LogP contribution in [0.3, 0.4) is 0 Å². The Morgan fingerprint density at radius 2 is 2.33 bits per heavy atom. The van der Waals surface area contributed by atoms with Gasteiger partial charge >= 0.3 is 6.03 Å². The number of nitrogens with zero attached hydrogens (tertiary/aromatic N) is 4.